The molecule has 2 N–H and O–H groups in total. The minimum absolute atomic E-state index is 0.135. The van der Waals surface area contributed by atoms with Gasteiger partial charge in [-0.3, -0.25) is 0 Å². The van der Waals surface area contributed by atoms with Gasteiger partial charge in [-0.1, -0.05) is 43.3 Å². The number of primary amides is 1. The maximum absolute atomic E-state index is 11.9. The van der Waals surface area contributed by atoms with Gasteiger partial charge in [-0.15, -0.1) is 5.06 Å². The number of hydroxylamine groups is 2. The molecule has 6 heteroatoms. The molecule has 0 aromatic heterocycles. The van der Waals surface area contributed by atoms with Crippen molar-refractivity contribution in [3.63, 3.8) is 0 Å². The minimum Gasteiger partial charge on any atom is -0.457 e. The zero-order chi connectivity index (χ0) is 16.4. The number of amides is 2. The fourth-order valence-electron chi connectivity index (χ4n) is 2.54. The van der Waals surface area contributed by atoms with E-state index < -0.39 is 18.0 Å². The lowest BCUT2D eigenvalue weighted by molar-refractivity contribution is -0.182. The summed E-state index contributed by atoms with van der Waals surface area (Å²) in [7, 11) is 0. The number of benzene rings is 2. The number of ether oxygens (including phenoxy) is 1. The lowest BCUT2D eigenvalue weighted by Gasteiger charge is -2.33. The molecule has 2 amide bonds. The highest BCUT2D eigenvalue weighted by Crippen LogP contribution is 2.45. The second-order valence-corrected chi connectivity index (χ2v) is 5.06. The number of urea groups is 1. The Morgan fingerprint density at radius 2 is 1.61 bits per heavy atom. The van der Waals surface area contributed by atoms with E-state index in [0.717, 1.165) is 5.06 Å². The van der Waals surface area contributed by atoms with E-state index >= 15 is 0 Å². The Bertz CT molecular complexity index is 714. The molecule has 1 heterocycles. The second-order valence-electron chi connectivity index (χ2n) is 5.06. The fourth-order valence-corrected chi connectivity index (χ4v) is 2.54. The number of fused-ring (bicyclic) bond motifs is 2. The summed E-state index contributed by atoms with van der Waals surface area (Å²) in [6.07, 6.45) is 0.135. The van der Waals surface area contributed by atoms with Gasteiger partial charge < -0.3 is 15.3 Å². The highest BCUT2D eigenvalue weighted by Gasteiger charge is 2.36. The van der Waals surface area contributed by atoms with Gasteiger partial charge in [0, 0.05) is 17.5 Å². The zero-order valence-corrected chi connectivity index (χ0v) is 12.6. The van der Waals surface area contributed by atoms with Gasteiger partial charge in [-0.2, -0.15) is 0 Å². The van der Waals surface area contributed by atoms with E-state index in [1.165, 1.54) is 0 Å². The summed E-state index contributed by atoms with van der Waals surface area (Å²) in [5, 5.41) is 0.909. The Morgan fingerprint density at radius 1 is 1.09 bits per heavy atom. The number of rotatable bonds is 2. The Kier molecular flexibility index (Phi) is 3.89. The molecule has 1 aliphatic heterocycles. The number of nitrogens with two attached hydrogens (primary N) is 1. The Balaban J connectivity index is 2.12. The van der Waals surface area contributed by atoms with Gasteiger partial charge in [0.15, 0.2) is 0 Å². The predicted molar refractivity (Wildman–Crippen MR) is 82.6 cm³/mol. The molecule has 0 aliphatic carbocycles. The number of hydrogen-bond donors (Lipinski definition) is 1. The van der Waals surface area contributed by atoms with Crippen LogP contribution in [-0.2, 0) is 9.63 Å². The molecule has 0 bridgehead atoms. The molecular formula is C17H16N2O4. The van der Waals surface area contributed by atoms with E-state index in [-0.39, 0.29) is 6.42 Å². The smallest absolute Gasteiger partial charge is 0.348 e. The fraction of sp³-hybridized carbons (Fsp3) is 0.176. The highest BCUT2D eigenvalue weighted by molar-refractivity contribution is 5.76. The van der Waals surface area contributed by atoms with Crippen LogP contribution in [-0.4, -0.2) is 17.1 Å². The van der Waals surface area contributed by atoms with Crippen molar-refractivity contribution in [3.05, 3.63) is 59.7 Å². The molecule has 0 radical (unpaired) electrons. The molecule has 0 saturated heterocycles. The average molecular weight is 312 g/mol. The summed E-state index contributed by atoms with van der Waals surface area (Å²) < 4.78 is 5.85. The molecule has 2 aromatic carbocycles. The molecule has 2 aromatic rings. The van der Waals surface area contributed by atoms with E-state index in [0.29, 0.717) is 22.6 Å². The molecule has 118 valence electrons. The third kappa shape index (κ3) is 2.70. The van der Waals surface area contributed by atoms with Gasteiger partial charge in [0.1, 0.15) is 17.5 Å². The van der Waals surface area contributed by atoms with E-state index in [2.05, 4.69) is 0 Å². The van der Waals surface area contributed by atoms with E-state index in [4.69, 9.17) is 15.3 Å². The molecule has 3 rings (SSSR count). The zero-order valence-electron chi connectivity index (χ0n) is 12.6. The molecule has 0 saturated carbocycles. The summed E-state index contributed by atoms with van der Waals surface area (Å²) in [4.78, 5) is 28.8. The molecule has 23 heavy (non-hydrogen) atoms. The molecular weight excluding hydrogens is 296 g/mol. The van der Waals surface area contributed by atoms with Crippen molar-refractivity contribution in [2.45, 2.75) is 19.4 Å². The number of para-hydroxylation sites is 2. The highest BCUT2D eigenvalue weighted by atomic mass is 16.7. The van der Waals surface area contributed by atoms with Crippen molar-refractivity contribution in [2.24, 2.45) is 5.73 Å². The van der Waals surface area contributed by atoms with Crippen molar-refractivity contribution in [1.29, 1.82) is 0 Å². The normalized spacial score (nSPS) is 12.6. The minimum atomic E-state index is -0.844. The van der Waals surface area contributed by atoms with E-state index in [1.807, 2.05) is 36.4 Å². The number of nitrogens with zero attached hydrogens (tertiary/aromatic N) is 1. The van der Waals surface area contributed by atoms with Crippen LogP contribution in [0.4, 0.5) is 4.79 Å². The maximum Gasteiger partial charge on any atom is 0.348 e. The Labute approximate surface area is 133 Å². The van der Waals surface area contributed by atoms with Crippen LogP contribution >= 0.6 is 0 Å². The number of carbonyl (C=O) groups is 2. The van der Waals surface area contributed by atoms with Gasteiger partial charge in [0.05, 0.1) is 0 Å². The molecule has 0 spiro atoms. The van der Waals surface area contributed by atoms with Crippen molar-refractivity contribution < 1.29 is 19.2 Å². The third-order valence-corrected chi connectivity index (χ3v) is 3.59. The van der Waals surface area contributed by atoms with Gasteiger partial charge in [-0.25, -0.2) is 9.59 Å². The average Bonchev–Trinajstić information content (AvgIpc) is 2.57. The van der Waals surface area contributed by atoms with E-state index in [1.54, 1.807) is 19.1 Å². The molecule has 0 unspecified atom stereocenters. The van der Waals surface area contributed by atoms with Crippen LogP contribution in [0.2, 0.25) is 0 Å². The van der Waals surface area contributed by atoms with Gasteiger partial charge >= 0.3 is 12.0 Å². The van der Waals surface area contributed by atoms with Crippen LogP contribution in [0.5, 0.6) is 11.5 Å². The molecule has 1 aliphatic rings. The van der Waals surface area contributed by atoms with Gasteiger partial charge in [0.2, 0.25) is 0 Å². The van der Waals surface area contributed by atoms with Crippen molar-refractivity contribution in [3.8, 4) is 11.5 Å². The Hall–Kier alpha value is -3.02. The molecule has 0 fully saturated rings. The van der Waals surface area contributed by atoms with Crippen LogP contribution in [0.1, 0.15) is 30.5 Å². The molecule has 0 atom stereocenters. The summed E-state index contributed by atoms with van der Waals surface area (Å²) in [6.45, 7) is 1.65. The topological polar surface area (TPSA) is 81.9 Å². The van der Waals surface area contributed by atoms with Crippen LogP contribution in [0.15, 0.2) is 48.5 Å². The van der Waals surface area contributed by atoms with Crippen LogP contribution < -0.4 is 10.5 Å². The Morgan fingerprint density at radius 3 is 2.09 bits per heavy atom. The quantitative estimate of drug-likeness (QED) is 0.864. The number of hydrogen-bond acceptors (Lipinski definition) is 4. The monoisotopic (exact) mass is 312 g/mol. The van der Waals surface area contributed by atoms with E-state index in [9.17, 15) is 9.59 Å². The first-order valence-corrected chi connectivity index (χ1v) is 7.27. The van der Waals surface area contributed by atoms with Crippen LogP contribution in [0.25, 0.3) is 0 Å². The number of carbonyl (C=O) groups excluding carboxylic acids is 2. The van der Waals surface area contributed by atoms with Crippen LogP contribution in [0.3, 0.4) is 0 Å². The first-order valence-electron chi connectivity index (χ1n) is 7.27. The van der Waals surface area contributed by atoms with Gasteiger partial charge in [-0.05, 0) is 12.1 Å². The third-order valence-electron chi connectivity index (χ3n) is 3.59. The molecule has 6 nitrogen and oxygen atoms in total. The first kappa shape index (κ1) is 14.9. The van der Waals surface area contributed by atoms with Crippen LogP contribution in [0, 0.1) is 0 Å². The standard InChI is InChI=1S/C17H16N2O4/c1-2-15(20)23-19(17(18)21)16-11-7-3-5-9-13(11)22-14-10-6-4-8-12(14)16/h3-10,16H,2H2,1H3,(H2,18,21). The largest absolute Gasteiger partial charge is 0.457 e. The first-order chi connectivity index (χ1) is 11.1. The maximum atomic E-state index is 11.9. The lowest BCUT2D eigenvalue weighted by Crippen LogP contribution is -2.41. The van der Waals surface area contributed by atoms with Crippen molar-refractivity contribution in [1.82, 2.24) is 5.06 Å². The summed E-state index contributed by atoms with van der Waals surface area (Å²) in [5.41, 5.74) is 6.86. The lowest BCUT2D eigenvalue weighted by atomic mass is 9.94. The summed E-state index contributed by atoms with van der Waals surface area (Å²) in [5.74, 6) is 0.648. The van der Waals surface area contributed by atoms with Gasteiger partial charge in [0.25, 0.3) is 0 Å². The summed E-state index contributed by atoms with van der Waals surface area (Å²) in [6, 6.07) is 13.0. The predicted octanol–water partition coefficient (Wildman–Crippen LogP) is 3.13. The van der Waals surface area contributed by atoms with Crippen molar-refractivity contribution >= 4 is 12.0 Å². The second kappa shape index (κ2) is 6.00. The summed E-state index contributed by atoms with van der Waals surface area (Å²) >= 11 is 0. The van der Waals surface area contributed by atoms with Crippen molar-refractivity contribution in [2.75, 3.05) is 0 Å². The SMILES string of the molecule is CCC(=O)ON(C(N)=O)C1c2ccccc2Oc2ccccc21.